The Morgan fingerprint density at radius 2 is 2.30 bits per heavy atom. The zero-order valence-electron chi connectivity index (χ0n) is 13.3. The second-order valence-corrected chi connectivity index (χ2v) is 5.34. The van der Waals surface area contributed by atoms with Crippen molar-refractivity contribution in [3.8, 4) is 5.75 Å². The Morgan fingerprint density at radius 1 is 1.48 bits per heavy atom. The molecule has 0 saturated carbocycles. The summed E-state index contributed by atoms with van der Waals surface area (Å²) in [6.07, 6.45) is 3.18. The van der Waals surface area contributed by atoms with Crippen molar-refractivity contribution in [1.29, 1.82) is 0 Å². The zero-order chi connectivity index (χ0) is 15.8. The van der Waals surface area contributed by atoms with Crippen molar-refractivity contribution in [2.45, 2.75) is 31.8 Å². The molecule has 1 aliphatic rings. The van der Waals surface area contributed by atoms with Gasteiger partial charge < -0.3 is 20.1 Å². The van der Waals surface area contributed by atoms with Gasteiger partial charge in [-0.15, -0.1) is 12.4 Å². The van der Waals surface area contributed by atoms with E-state index in [0.717, 1.165) is 32.4 Å². The van der Waals surface area contributed by atoms with E-state index in [1.807, 2.05) is 7.05 Å². The SMILES string of the molecule is CNCCCC(=O)Nc1cc(F)ccc1OCC1CCCO1.Cl. The van der Waals surface area contributed by atoms with Crippen LogP contribution in [-0.2, 0) is 9.53 Å². The van der Waals surface area contributed by atoms with E-state index in [2.05, 4.69) is 10.6 Å². The number of hydrogen-bond donors (Lipinski definition) is 2. The van der Waals surface area contributed by atoms with E-state index < -0.39 is 5.82 Å². The zero-order valence-corrected chi connectivity index (χ0v) is 14.1. The normalized spacial score (nSPS) is 16.7. The molecule has 2 N–H and O–H groups in total. The highest BCUT2D eigenvalue weighted by molar-refractivity contribution is 5.92. The van der Waals surface area contributed by atoms with Crippen molar-refractivity contribution in [3.05, 3.63) is 24.0 Å². The van der Waals surface area contributed by atoms with Gasteiger partial charge in [0.25, 0.3) is 0 Å². The van der Waals surface area contributed by atoms with Crippen LogP contribution in [0.5, 0.6) is 5.75 Å². The van der Waals surface area contributed by atoms with E-state index in [0.29, 0.717) is 24.5 Å². The fourth-order valence-corrected chi connectivity index (χ4v) is 2.32. The van der Waals surface area contributed by atoms with Gasteiger partial charge in [0.15, 0.2) is 0 Å². The first-order valence-electron chi connectivity index (χ1n) is 7.67. The Morgan fingerprint density at radius 3 is 3.00 bits per heavy atom. The molecule has 0 aromatic heterocycles. The molecular formula is C16H24ClFN2O3. The quantitative estimate of drug-likeness (QED) is 0.711. The average molecular weight is 347 g/mol. The predicted molar refractivity (Wildman–Crippen MR) is 89.9 cm³/mol. The lowest BCUT2D eigenvalue weighted by Gasteiger charge is -2.15. The van der Waals surface area contributed by atoms with Crippen molar-refractivity contribution in [3.63, 3.8) is 0 Å². The number of halogens is 2. The van der Waals surface area contributed by atoms with E-state index in [9.17, 15) is 9.18 Å². The standard InChI is InChI=1S/C16H23FN2O3.ClH/c1-18-8-2-5-16(20)19-14-10-12(17)6-7-15(14)22-11-13-4-3-9-21-13;/h6-7,10,13,18H,2-5,8-9,11H2,1H3,(H,19,20);1H. The highest BCUT2D eigenvalue weighted by Gasteiger charge is 2.17. The second kappa shape index (κ2) is 10.4. The number of amides is 1. The maximum absolute atomic E-state index is 13.4. The number of nitrogens with one attached hydrogen (secondary N) is 2. The van der Waals surface area contributed by atoms with Crippen LogP contribution in [0.3, 0.4) is 0 Å². The fraction of sp³-hybridized carbons (Fsp3) is 0.562. The fourth-order valence-electron chi connectivity index (χ4n) is 2.32. The topological polar surface area (TPSA) is 59.6 Å². The summed E-state index contributed by atoms with van der Waals surface area (Å²) in [4.78, 5) is 11.9. The van der Waals surface area contributed by atoms with Gasteiger partial charge in [-0.3, -0.25) is 4.79 Å². The molecule has 1 fully saturated rings. The van der Waals surface area contributed by atoms with Crippen LogP contribution >= 0.6 is 12.4 Å². The molecule has 23 heavy (non-hydrogen) atoms. The Labute approximate surface area is 142 Å². The minimum absolute atomic E-state index is 0. The van der Waals surface area contributed by atoms with Crippen molar-refractivity contribution < 1.29 is 18.7 Å². The summed E-state index contributed by atoms with van der Waals surface area (Å²) in [5.74, 6) is -0.0864. The number of hydrogen-bond acceptors (Lipinski definition) is 4. The third-order valence-corrected chi connectivity index (χ3v) is 3.50. The van der Waals surface area contributed by atoms with Crippen molar-refractivity contribution in [2.75, 3.05) is 32.1 Å². The monoisotopic (exact) mass is 346 g/mol. The molecule has 1 unspecified atom stereocenters. The maximum Gasteiger partial charge on any atom is 0.224 e. The third-order valence-electron chi connectivity index (χ3n) is 3.50. The first-order chi connectivity index (χ1) is 10.7. The first-order valence-corrected chi connectivity index (χ1v) is 7.67. The summed E-state index contributed by atoms with van der Waals surface area (Å²) in [6, 6.07) is 4.13. The summed E-state index contributed by atoms with van der Waals surface area (Å²) in [5, 5.41) is 5.69. The van der Waals surface area contributed by atoms with E-state index in [4.69, 9.17) is 9.47 Å². The third kappa shape index (κ3) is 6.72. The Kier molecular flexibility index (Phi) is 8.91. The molecule has 0 aliphatic carbocycles. The number of carbonyl (C=O) groups excluding carboxylic acids is 1. The molecule has 7 heteroatoms. The van der Waals surface area contributed by atoms with Crippen LogP contribution in [0.4, 0.5) is 10.1 Å². The first kappa shape index (κ1) is 19.7. The van der Waals surface area contributed by atoms with Crippen molar-refractivity contribution in [2.24, 2.45) is 0 Å². The predicted octanol–water partition coefficient (Wildman–Crippen LogP) is 2.74. The van der Waals surface area contributed by atoms with Crippen LogP contribution in [0.15, 0.2) is 18.2 Å². The molecule has 0 spiro atoms. The molecular weight excluding hydrogens is 323 g/mol. The van der Waals surface area contributed by atoms with Gasteiger partial charge in [-0.1, -0.05) is 0 Å². The molecule has 1 amide bonds. The lowest BCUT2D eigenvalue weighted by atomic mass is 10.2. The summed E-state index contributed by atoms with van der Waals surface area (Å²) in [7, 11) is 1.83. The van der Waals surface area contributed by atoms with Gasteiger partial charge in [-0.25, -0.2) is 4.39 Å². The molecule has 1 aliphatic heterocycles. The van der Waals surface area contributed by atoms with Gasteiger partial charge in [0.1, 0.15) is 18.2 Å². The summed E-state index contributed by atoms with van der Waals surface area (Å²) in [5.41, 5.74) is 0.368. The molecule has 1 atom stereocenters. The van der Waals surface area contributed by atoms with Crippen LogP contribution in [-0.4, -0.2) is 38.8 Å². The summed E-state index contributed by atoms with van der Waals surface area (Å²) < 4.78 is 24.6. The lowest BCUT2D eigenvalue weighted by molar-refractivity contribution is -0.116. The summed E-state index contributed by atoms with van der Waals surface area (Å²) >= 11 is 0. The van der Waals surface area contributed by atoms with Gasteiger partial charge in [0, 0.05) is 19.1 Å². The molecule has 0 bridgehead atoms. The van der Waals surface area contributed by atoms with E-state index >= 15 is 0 Å². The highest BCUT2D eigenvalue weighted by Crippen LogP contribution is 2.26. The maximum atomic E-state index is 13.4. The Hall–Kier alpha value is -1.37. The van der Waals surface area contributed by atoms with Crippen molar-refractivity contribution >= 4 is 24.0 Å². The van der Waals surface area contributed by atoms with Crippen molar-refractivity contribution in [1.82, 2.24) is 5.32 Å². The van der Waals surface area contributed by atoms with Gasteiger partial charge >= 0.3 is 0 Å². The lowest BCUT2D eigenvalue weighted by Crippen LogP contribution is -2.18. The van der Waals surface area contributed by atoms with Crippen LogP contribution in [0, 0.1) is 5.82 Å². The van der Waals surface area contributed by atoms with E-state index in [1.165, 1.54) is 18.2 Å². The molecule has 5 nitrogen and oxygen atoms in total. The van der Waals surface area contributed by atoms with Crippen LogP contribution in [0.1, 0.15) is 25.7 Å². The molecule has 1 aromatic carbocycles. The van der Waals surface area contributed by atoms with Gasteiger partial charge in [-0.05, 0) is 45.0 Å². The van der Waals surface area contributed by atoms with Crippen LogP contribution in [0.2, 0.25) is 0 Å². The Bertz CT molecular complexity index is 496. The van der Waals surface area contributed by atoms with Crippen LogP contribution in [0.25, 0.3) is 0 Å². The molecule has 2 rings (SSSR count). The smallest absolute Gasteiger partial charge is 0.224 e. The number of benzene rings is 1. The number of ether oxygens (including phenoxy) is 2. The minimum atomic E-state index is -0.407. The molecule has 130 valence electrons. The molecule has 0 radical (unpaired) electrons. The highest BCUT2D eigenvalue weighted by atomic mass is 35.5. The van der Waals surface area contributed by atoms with E-state index in [-0.39, 0.29) is 24.4 Å². The number of rotatable bonds is 8. The molecule has 1 saturated heterocycles. The van der Waals surface area contributed by atoms with Gasteiger partial charge in [0.05, 0.1) is 11.8 Å². The van der Waals surface area contributed by atoms with Gasteiger partial charge in [0.2, 0.25) is 5.91 Å². The number of anilines is 1. The van der Waals surface area contributed by atoms with Gasteiger partial charge in [-0.2, -0.15) is 0 Å². The second-order valence-electron chi connectivity index (χ2n) is 5.34. The van der Waals surface area contributed by atoms with Crippen LogP contribution < -0.4 is 15.4 Å². The summed E-state index contributed by atoms with van der Waals surface area (Å²) in [6.45, 7) is 1.93. The van der Waals surface area contributed by atoms with E-state index in [1.54, 1.807) is 0 Å². The largest absolute Gasteiger partial charge is 0.489 e. The minimum Gasteiger partial charge on any atom is -0.489 e. The molecule has 1 aromatic rings. The molecule has 1 heterocycles. The Balaban J connectivity index is 0.00000264. The number of carbonyl (C=O) groups is 1. The average Bonchev–Trinajstić information content (AvgIpc) is 3.00.